The molecule has 2 atom stereocenters. The average Bonchev–Trinajstić information content (AvgIpc) is 3.06. The van der Waals surface area contributed by atoms with Crippen LogP contribution in [0, 0.1) is 5.92 Å². The third-order valence-corrected chi connectivity index (χ3v) is 4.02. The minimum Gasteiger partial charge on any atom is -0.469 e. The largest absolute Gasteiger partial charge is 0.469 e. The highest BCUT2D eigenvalue weighted by atomic mass is 79.9. The summed E-state index contributed by atoms with van der Waals surface area (Å²) in [5.41, 5.74) is 1.01. The number of H-pyrrole nitrogens is 1. The van der Waals surface area contributed by atoms with Crippen molar-refractivity contribution in [1.82, 2.24) is 25.6 Å². The van der Waals surface area contributed by atoms with E-state index in [-0.39, 0.29) is 17.8 Å². The Morgan fingerprint density at radius 1 is 1.45 bits per heavy atom. The lowest BCUT2D eigenvalue weighted by atomic mass is 9.83. The predicted octanol–water partition coefficient (Wildman–Crippen LogP) is 2.27. The molecule has 2 rings (SSSR count). The molecule has 1 unspecified atom stereocenters. The van der Waals surface area contributed by atoms with Crippen molar-refractivity contribution in [3.63, 3.8) is 0 Å². The Morgan fingerprint density at radius 3 is 2.82 bits per heavy atom. The van der Waals surface area contributed by atoms with E-state index >= 15 is 0 Å². The molecule has 0 aliphatic carbocycles. The number of aromatic nitrogens is 5. The SMILES string of the molecule is CCCC(C(=O)OC)[C@H](Cc1ccc(Br)nc1)c1nnn[nH]1. The van der Waals surface area contributed by atoms with Gasteiger partial charge in [-0.15, -0.1) is 5.10 Å². The minimum absolute atomic E-state index is 0.176. The van der Waals surface area contributed by atoms with Crippen molar-refractivity contribution in [2.24, 2.45) is 5.92 Å². The monoisotopic (exact) mass is 367 g/mol. The van der Waals surface area contributed by atoms with Gasteiger partial charge in [0.05, 0.1) is 13.0 Å². The van der Waals surface area contributed by atoms with Gasteiger partial charge >= 0.3 is 5.97 Å². The maximum Gasteiger partial charge on any atom is 0.309 e. The number of carbonyl (C=O) groups is 1. The number of nitrogens with one attached hydrogen (secondary N) is 1. The average molecular weight is 368 g/mol. The normalized spacial score (nSPS) is 13.6. The molecule has 2 aromatic rings. The molecule has 22 heavy (non-hydrogen) atoms. The van der Waals surface area contributed by atoms with Crippen LogP contribution in [0.2, 0.25) is 0 Å². The first-order valence-electron chi connectivity index (χ1n) is 7.07. The van der Waals surface area contributed by atoms with Crippen LogP contribution < -0.4 is 0 Å². The summed E-state index contributed by atoms with van der Waals surface area (Å²) >= 11 is 3.31. The van der Waals surface area contributed by atoms with Crippen molar-refractivity contribution < 1.29 is 9.53 Å². The third-order valence-electron chi connectivity index (χ3n) is 3.55. The van der Waals surface area contributed by atoms with Crippen LogP contribution in [-0.4, -0.2) is 38.7 Å². The van der Waals surface area contributed by atoms with Gasteiger partial charge in [0.1, 0.15) is 4.60 Å². The molecule has 2 aromatic heterocycles. The summed E-state index contributed by atoms with van der Waals surface area (Å²) in [6.07, 6.45) is 3.97. The number of nitrogens with zero attached hydrogens (tertiary/aromatic N) is 4. The molecule has 118 valence electrons. The fourth-order valence-electron chi connectivity index (χ4n) is 2.48. The Kier molecular flexibility index (Phi) is 6.00. The molecule has 0 radical (unpaired) electrons. The topological polar surface area (TPSA) is 93.7 Å². The van der Waals surface area contributed by atoms with E-state index in [1.807, 2.05) is 19.1 Å². The zero-order valence-electron chi connectivity index (χ0n) is 12.5. The molecule has 0 saturated heterocycles. The molecule has 2 heterocycles. The van der Waals surface area contributed by atoms with Crippen molar-refractivity contribution in [2.45, 2.75) is 32.1 Å². The molecule has 0 aliphatic rings. The maximum atomic E-state index is 12.2. The van der Waals surface area contributed by atoms with Gasteiger partial charge in [-0.25, -0.2) is 10.1 Å². The Bertz CT molecular complexity index is 588. The lowest BCUT2D eigenvalue weighted by Gasteiger charge is -2.22. The quantitative estimate of drug-likeness (QED) is 0.595. The van der Waals surface area contributed by atoms with Gasteiger partial charge in [0.15, 0.2) is 5.82 Å². The van der Waals surface area contributed by atoms with E-state index in [0.29, 0.717) is 18.7 Å². The van der Waals surface area contributed by atoms with E-state index < -0.39 is 0 Å². The van der Waals surface area contributed by atoms with E-state index in [9.17, 15) is 4.79 Å². The van der Waals surface area contributed by atoms with Crippen LogP contribution in [0.5, 0.6) is 0 Å². The minimum atomic E-state index is -0.298. The Hall–Kier alpha value is -1.83. The molecule has 7 nitrogen and oxygen atoms in total. The smallest absolute Gasteiger partial charge is 0.309 e. The molecule has 0 aromatic carbocycles. The van der Waals surface area contributed by atoms with Crippen LogP contribution in [0.25, 0.3) is 0 Å². The Morgan fingerprint density at radius 2 is 2.27 bits per heavy atom. The van der Waals surface area contributed by atoms with Crippen molar-refractivity contribution in [1.29, 1.82) is 0 Å². The fraction of sp³-hybridized carbons (Fsp3) is 0.500. The van der Waals surface area contributed by atoms with Gasteiger partial charge < -0.3 is 4.74 Å². The second kappa shape index (κ2) is 7.98. The van der Waals surface area contributed by atoms with Crippen LogP contribution in [0.1, 0.15) is 37.1 Å². The highest BCUT2D eigenvalue weighted by Crippen LogP contribution is 2.30. The van der Waals surface area contributed by atoms with E-state index in [1.54, 1.807) is 6.20 Å². The summed E-state index contributed by atoms with van der Waals surface area (Å²) < 4.78 is 5.73. The van der Waals surface area contributed by atoms with Gasteiger partial charge in [-0.05, 0) is 50.8 Å². The molecule has 0 spiro atoms. The lowest BCUT2D eigenvalue weighted by molar-refractivity contribution is -0.146. The molecule has 0 bridgehead atoms. The molecule has 0 saturated carbocycles. The first-order chi connectivity index (χ1) is 10.7. The van der Waals surface area contributed by atoms with E-state index in [1.165, 1.54) is 7.11 Å². The molecule has 0 fully saturated rings. The van der Waals surface area contributed by atoms with Gasteiger partial charge in [0, 0.05) is 12.1 Å². The number of aromatic amines is 1. The summed E-state index contributed by atoms with van der Waals surface area (Å²) in [5, 5.41) is 14.0. The molecule has 8 heteroatoms. The van der Waals surface area contributed by atoms with Gasteiger partial charge in [-0.2, -0.15) is 0 Å². The number of hydrogen-bond acceptors (Lipinski definition) is 6. The summed E-state index contributed by atoms with van der Waals surface area (Å²) in [5.74, 6) is -0.126. The number of rotatable bonds is 7. The Labute approximate surface area is 137 Å². The number of tetrazole rings is 1. The van der Waals surface area contributed by atoms with Crippen molar-refractivity contribution in [3.05, 3.63) is 34.3 Å². The first kappa shape index (κ1) is 16.5. The zero-order chi connectivity index (χ0) is 15.9. The van der Waals surface area contributed by atoms with Crippen LogP contribution in [0.4, 0.5) is 0 Å². The Balaban J connectivity index is 2.29. The molecule has 0 amide bonds. The van der Waals surface area contributed by atoms with Crippen molar-refractivity contribution in [3.8, 4) is 0 Å². The molecule has 1 N–H and O–H groups in total. The number of esters is 1. The highest BCUT2D eigenvalue weighted by Gasteiger charge is 2.32. The first-order valence-corrected chi connectivity index (χ1v) is 7.86. The second-order valence-corrected chi connectivity index (χ2v) is 5.82. The fourth-order valence-corrected chi connectivity index (χ4v) is 2.71. The van der Waals surface area contributed by atoms with Gasteiger partial charge in [0.25, 0.3) is 0 Å². The second-order valence-electron chi connectivity index (χ2n) is 5.00. The number of carbonyl (C=O) groups excluding carboxylic acids is 1. The van der Waals surface area contributed by atoms with Crippen LogP contribution in [0.15, 0.2) is 22.9 Å². The summed E-state index contributed by atoms with van der Waals surface area (Å²) in [6.45, 7) is 2.03. The van der Waals surface area contributed by atoms with E-state index in [2.05, 4.69) is 41.5 Å². The highest BCUT2D eigenvalue weighted by molar-refractivity contribution is 9.10. The van der Waals surface area contributed by atoms with Crippen LogP contribution >= 0.6 is 15.9 Å². The molecule has 0 aliphatic heterocycles. The van der Waals surface area contributed by atoms with Crippen molar-refractivity contribution >= 4 is 21.9 Å². The zero-order valence-corrected chi connectivity index (χ0v) is 14.1. The predicted molar refractivity (Wildman–Crippen MR) is 83.0 cm³/mol. The number of pyridine rings is 1. The summed E-state index contributed by atoms with van der Waals surface area (Å²) in [6, 6.07) is 3.84. The number of ether oxygens (including phenoxy) is 1. The maximum absolute atomic E-state index is 12.2. The lowest BCUT2D eigenvalue weighted by Crippen LogP contribution is -2.26. The number of halogens is 1. The third kappa shape index (κ3) is 4.09. The molecular weight excluding hydrogens is 350 g/mol. The summed E-state index contributed by atoms with van der Waals surface area (Å²) in [4.78, 5) is 16.4. The number of methoxy groups -OCH3 is 1. The van der Waals surface area contributed by atoms with Gasteiger partial charge in [-0.1, -0.05) is 19.4 Å². The molecular formula is C14H18BrN5O2. The van der Waals surface area contributed by atoms with E-state index in [0.717, 1.165) is 16.6 Å². The van der Waals surface area contributed by atoms with Gasteiger partial charge in [-0.3, -0.25) is 4.79 Å². The van der Waals surface area contributed by atoms with Crippen LogP contribution in [-0.2, 0) is 16.0 Å². The standard InChI is InChI=1S/C14H18BrN5O2/c1-3-4-10(14(21)22-2)11(13-17-19-20-18-13)7-9-5-6-12(15)16-8-9/h5-6,8,10-11H,3-4,7H2,1-2H3,(H,17,18,19,20)/t10?,11-/m0/s1. The van der Waals surface area contributed by atoms with E-state index in [4.69, 9.17) is 4.74 Å². The van der Waals surface area contributed by atoms with Crippen molar-refractivity contribution in [2.75, 3.05) is 7.11 Å². The van der Waals surface area contributed by atoms with Crippen LogP contribution in [0.3, 0.4) is 0 Å². The van der Waals surface area contributed by atoms with Gasteiger partial charge in [0.2, 0.25) is 0 Å². The number of hydrogen-bond donors (Lipinski definition) is 1. The summed E-state index contributed by atoms with van der Waals surface area (Å²) in [7, 11) is 1.40.